The van der Waals surface area contributed by atoms with Crippen molar-refractivity contribution >= 4 is 11.4 Å². The summed E-state index contributed by atoms with van der Waals surface area (Å²) in [5.74, 6) is 1.71. The Kier molecular flexibility index (Phi) is 5.24. The Morgan fingerprint density at radius 3 is 1.48 bits per heavy atom. The number of hydrogen-bond donors (Lipinski definition) is 1. The summed E-state index contributed by atoms with van der Waals surface area (Å²) in [6, 6.07) is 8.15. The van der Waals surface area contributed by atoms with Crippen molar-refractivity contribution in [1.82, 2.24) is 0 Å². The number of rotatable bonds is 6. The number of phenolic OH excluding ortho intramolecular Hbond substituents is 1. The molecule has 2 aromatic carbocycles. The molecule has 7 heteroatoms. The molecule has 1 N–H and O–H groups in total. The van der Waals surface area contributed by atoms with Gasteiger partial charge in [-0.1, -0.05) is 6.07 Å². The number of ether oxygens (including phenoxy) is 4. The van der Waals surface area contributed by atoms with Gasteiger partial charge in [-0.15, -0.1) is 10.2 Å². The molecule has 2 rings (SSSR count). The van der Waals surface area contributed by atoms with Gasteiger partial charge in [-0.2, -0.15) is 0 Å². The van der Waals surface area contributed by atoms with Gasteiger partial charge in [0.15, 0.2) is 22.9 Å². The Bertz CT molecular complexity index is 668. The summed E-state index contributed by atoms with van der Waals surface area (Å²) >= 11 is 0. The van der Waals surface area contributed by atoms with Gasteiger partial charge in [-0.25, -0.2) is 0 Å². The lowest BCUT2D eigenvalue weighted by atomic mass is 10.2. The fraction of sp³-hybridized carbons (Fsp3) is 0.250. The van der Waals surface area contributed by atoms with E-state index in [1.165, 1.54) is 40.6 Å². The molecule has 0 radical (unpaired) electrons. The first-order valence-electron chi connectivity index (χ1n) is 6.72. The van der Waals surface area contributed by atoms with Crippen LogP contribution < -0.4 is 18.9 Å². The van der Waals surface area contributed by atoms with E-state index in [1.54, 1.807) is 18.2 Å². The molecule has 0 aromatic heterocycles. The molecule has 122 valence electrons. The van der Waals surface area contributed by atoms with E-state index < -0.39 is 0 Å². The average molecular weight is 318 g/mol. The third-order valence-corrected chi connectivity index (χ3v) is 3.12. The third kappa shape index (κ3) is 3.45. The predicted molar refractivity (Wildman–Crippen MR) is 84.9 cm³/mol. The van der Waals surface area contributed by atoms with E-state index in [9.17, 15) is 5.11 Å². The molecule has 0 bridgehead atoms. The molecule has 0 saturated heterocycles. The lowest BCUT2D eigenvalue weighted by Gasteiger charge is -2.11. The highest BCUT2D eigenvalue weighted by atomic mass is 16.5. The molecule has 0 saturated carbocycles. The minimum absolute atomic E-state index is 0.00697. The van der Waals surface area contributed by atoms with Crippen molar-refractivity contribution in [1.29, 1.82) is 0 Å². The highest BCUT2D eigenvalue weighted by Gasteiger charge is 2.14. The van der Waals surface area contributed by atoms with Crippen molar-refractivity contribution < 1.29 is 24.1 Å². The van der Waals surface area contributed by atoms with Crippen LogP contribution >= 0.6 is 0 Å². The van der Waals surface area contributed by atoms with Crippen LogP contribution in [-0.2, 0) is 0 Å². The van der Waals surface area contributed by atoms with Crippen molar-refractivity contribution in [2.45, 2.75) is 0 Å². The van der Waals surface area contributed by atoms with Crippen LogP contribution in [0.1, 0.15) is 0 Å². The van der Waals surface area contributed by atoms with Crippen molar-refractivity contribution in [2.24, 2.45) is 10.2 Å². The normalized spacial score (nSPS) is 10.6. The molecule has 7 nitrogen and oxygen atoms in total. The zero-order chi connectivity index (χ0) is 16.8. The summed E-state index contributed by atoms with van der Waals surface area (Å²) in [5, 5.41) is 18.0. The molecule has 0 heterocycles. The number of azo groups is 1. The second-order valence-corrected chi connectivity index (χ2v) is 4.41. The van der Waals surface area contributed by atoms with E-state index in [0.29, 0.717) is 34.4 Å². The largest absolute Gasteiger partial charge is 0.508 e. The summed E-state index contributed by atoms with van der Waals surface area (Å²) in [6.07, 6.45) is 0. The van der Waals surface area contributed by atoms with Gasteiger partial charge >= 0.3 is 0 Å². The van der Waals surface area contributed by atoms with Crippen LogP contribution in [0.25, 0.3) is 0 Å². The van der Waals surface area contributed by atoms with E-state index >= 15 is 0 Å². The highest BCUT2D eigenvalue weighted by Crippen LogP contribution is 2.43. The molecule has 0 aliphatic heterocycles. The number of aromatic hydroxyl groups is 1. The number of phenols is 1. The highest BCUT2D eigenvalue weighted by molar-refractivity contribution is 5.66. The standard InChI is InChI=1S/C16H18N2O5/c1-20-11-6-5-7-12(21-2)15(11)17-18-16-13(22-3)8-10(19)9-14(16)23-4/h5-9,19H,1-4H3/b18-17+. The van der Waals surface area contributed by atoms with Gasteiger partial charge in [-0.3, -0.25) is 0 Å². The minimum Gasteiger partial charge on any atom is -0.508 e. The van der Waals surface area contributed by atoms with Crippen molar-refractivity contribution in [3.63, 3.8) is 0 Å². The maximum absolute atomic E-state index is 9.66. The Labute approximate surface area is 134 Å². The molecular weight excluding hydrogens is 300 g/mol. The Morgan fingerprint density at radius 2 is 1.09 bits per heavy atom. The van der Waals surface area contributed by atoms with Gasteiger partial charge in [0.2, 0.25) is 0 Å². The first-order chi connectivity index (χ1) is 11.1. The molecule has 0 spiro atoms. The van der Waals surface area contributed by atoms with Gasteiger partial charge in [0.25, 0.3) is 0 Å². The second kappa shape index (κ2) is 7.35. The molecule has 0 atom stereocenters. The summed E-state index contributed by atoms with van der Waals surface area (Å²) in [5.41, 5.74) is 0.787. The van der Waals surface area contributed by atoms with Crippen LogP contribution in [0, 0.1) is 0 Å². The SMILES string of the molecule is COc1cccc(OC)c1/N=N/c1c(OC)cc(O)cc1OC. The van der Waals surface area contributed by atoms with E-state index in [-0.39, 0.29) is 5.75 Å². The first kappa shape index (κ1) is 16.4. The van der Waals surface area contributed by atoms with Gasteiger partial charge in [0.1, 0.15) is 17.2 Å². The van der Waals surface area contributed by atoms with Crippen LogP contribution in [-0.4, -0.2) is 33.5 Å². The fourth-order valence-corrected chi connectivity index (χ4v) is 2.01. The quantitative estimate of drug-likeness (QED) is 0.818. The zero-order valence-corrected chi connectivity index (χ0v) is 13.4. The molecular formula is C16H18N2O5. The Balaban J connectivity index is 2.53. The van der Waals surface area contributed by atoms with Crippen LogP contribution in [0.2, 0.25) is 0 Å². The summed E-state index contributed by atoms with van der Waals surface area (Å²) < 4.78 is 21.0. The van der Waals surface area contributed by atoms with Crippen LogP contribution in [0.15, 0.2) is 40.6 Å². The number of benzene rings is 2. The lowest BCUT2D eigenvalue weighted by Crippen LogP contribution is -1.89. The smallest absolute Gasteiger partial charge is 0.170 e. The van der Waals surface area contributed by atoms with Crippen LogP contribution in [0.4, 0.5) is 11.4 Å². The number of methoxy groups -OCH3 is 4. The zero-order valence-electron chi connectivity index (χ0n) is 13.4. The third-order valence-electron chi connectivity index (χ3n) is 3.12. The average Bonchev–Trinajstić information content (AvgIpc) is 2.59. The second-order valence-electron chi connectivity index (χ2n) is 4.41. The summed E-state index contributed by atoms with van der Waals surface area (Å²) in [7, 11) is 6.01. The molecule has 2 aromatic rings. The summed E-state index contributed by atoms with van der Waals surface area (Å²) in [4.78, 5) is 0. The number of nitrogens with zero attached hydrogens (tertiary/aromatic N) is 2. The van der Waals surface area contributed by atoms with Gasteiger partial charge in [0, 0.05) is 12.1 Å². The lowest BCUT2D eigenvalue weighted by molar-refractivity contribution is 0.386. The molecule has 0 aliphatic rings. The van der Waals surface area contributed by atoms with Crippen LogP contribution in [0.5, 0.6) is 28.7 Å². The van der Waals surface area contributed by atoms with Crippen molar-refractivity contribution in [2.75, 3.05) is 28.4 Å². The molecule has 0 aliphatic carbocycles. The van der Waals surface area contributed by atoms with E-state index in [0.717, 1.165) is 0 Å². The van der Waals surface area contributed by atoms with Gasteiger partial charge in [-0.05, 0) is 12.1 Å². The topological polar surface area (TPSA) is 81.9 Å². The fourth-order valence-electron chi connectivity index (χ4n) is 2.01. The van der Waals surface area contributed by atoms with E-state index in [1.807, 2.05) is 0 Å². The predicted octanol–water partition coefficient (Wildman–Crippen LogP) is 3.84. The summed E-state index contributed by atoms with van der Waals surface area (Å²) in [6.45, 7) is 0. The molecule has 23 heavy (non-hydrogen) atoms. The Morgan fingerprint density at radius 1 is 0.696 bits per heavy atom. The first-order valence-corrected chi connectivity index (χ1v) is 6.72. The Hall–Kier alpha value is -2.96. The minimum atomic E-state index is 0.00697. The van der Waals surface area contributed by atoms with Crippen molar-refractivity contribution in [3.05, 3.63) is 30.3 Å². The molecule has 0 amide bonds. The van der Waals surface area contributed by atoms with E-state index in [4.69, 9.17) is 18.9 Å². The van der Waals surface area contributed by atoms with Gasteiger partial charge < -0.3 is 24.1 Å². The maximum Gasteiger partial charge on any atom is 0.170 e. The van der Waals surface area contributed by atoms with E-state index in [2.05, 4.69) is 10.2 Å². The molecule has 0 fully saturated rings. The van der Waals surface area contributed by atoms with Crippen molar-refractivity contribution in [3.8, 4) is 28.7 Å². The van der Waals surface area contributed by atoms with Gasteiger partial charge in [0.05, 0.1) is 28.4 Å². The van der Waals surface area contributed by atoms with Crippen LogP contribution in [0.3, 0.4) is 0 Å². The number of hydrogen-bond acceptors (Lipinski definition) is 7. The molecule has 0 unspecified atom stereocenters. The maximum atomic E-state index is 9.66. The monoisotopic (exact) mass is 318 g/mol.